The van der Waals surface area contributed by atoms with Gasteiger partial charge in [0.2, 0.25) is 0 Å². The van der Waals surface area contributed by atoms with Gasteiger partial charge in [-0.25, -0.2) is 4.79 Å². The van der Waals surface area contributed by atoms with E-state index in [2.05, 4.69) is 15.9 Å². The number of hydrogen-bond acceptors (Lipinski definition) is 9. The van der Waals surface area contributed by atoms with Crippen molar-refractivity contribution in [3.8, 4) is 0 Å². The first-order valence-electron chi connectivity index (χ1n) is 7.39. The lowest BCUT2D eigenvalue weighted by molar-refractivity contribution is -0.310. The minimum Gasteiger partial charge on any atom is -0.550 e. The quantitative estimate of drug-likeness (QED) is 0.374. The first-order valence-corrected chi connectivity index (χ1v) is 8.30. The number of aliphatic hydroxyl groups excluding tert-OH is 1. The number of H-pyrrole nitrogens is 1. The summed E-state index contributed by atoms with van der Waals surface area (Å²) in [6.45, 7) is 1.41. The molecule has 0 saturated carbocycles. The van der Waals surface area contributed by atoms with Crippen LogP contribution in [0.3, 0.4) is 0 Å². The van der Waals surface area contributed by atoms with Gasteiger partial charge in [0.05, 0.1) is 10.9 Å². The zero-order valence-corrected chi connectivity index (χ0v) is 15.0. The standard InChI is InChI=1S/C14H17BrN2O9/c1-5-4-17(13(24)16-11(5)23)12-9(15)14(25,3-8(21)22)10(26-12)6(18)2-7(19)20/h4,6,9-10,12,18,25H,2-3H2,1H3,(H,19,20)(H,21,22)(H,16,23,24)/p-2/t6?,9-,10+,12+,14-/m0/s1. The van der Waals surface area contributed by atoms with E-state index in [1.54, 1.807) is 0 Å². The van der Waals surface area contributed by atoms with Crippen molar-refractivity contribution in [1.29, 1.82) is 0 Å². The third kappa shape index (κ3) is 3.72. The van der Waals surface area contributed by atoms with Crippen LogP contribution in [0, 0.1) is 6.92 Å². The number of carboxylic acid groups (broad SMARTS) is 2. The summed E-state index contributed by atoms with van der Waals surface area (Å²) in [7, 11) is 0. The van der Waals surface area contributed by atoms with Crippen LogP contribution in [0.4, 0.5) is 0 Å². The lowest BCUT2D eigenvalue weighted by atomic mass is 9.87. The van der Waals surface area contributed by atoms with Gasteiger partial charge in [-0.15, -0.1) is 0 Å². The molecule has 1 fully saturated rings. The Kier molecular flexibility index (Phi) is 5.70. The van der Waals surface area contributed by atoms with Crippen molar-refractivity contribution in [1.82, 2.24) is 9.55 Å². The summed E-state index contributed by atoms with van der Waals surface area (Å²) in [4.78, 5) is 46.1. The lowest BCUT2D eigenvalue weighted by Crippen LogP contribution is -2.54. The number of carboxylic acids is 2. The molecule has 1 aliphatic rings. The molecule has 0 radical (unpaired) electrons. The predicted octanol–water partition coefficient (Wildman–Crippen LogP) is -4.12. The van der Waals surface area contributed by atoms with Crippen molar-refractivity contribution in [3.63, 3.8) is 0 Å². The van der Waals surface area contributed by atoms with Gasteiger partial charge in [0.15, 0.2) is 6.23 Å². The molecule has 5 atom stereocenters. The fraction of sp³-hybridized carbons (Fsp3) is 0.571. The molecule has 0 aromatic carbocycles. The van der Waals surface area contributed by atoms with E-state index >= 15 is 0 Å². The SMILES string of the molecule is Cc1cn([C@@H]2O[C@H](C(O)CC(=O)[O-])[C@](O)(CC(=O)[O-])[C@H]2Br)c(=O)[nH]c1=O. The number of aliphatic hydroxyl groups is 2. The second-order valence-electron chi connectivity index (χ2n) is 6.01. The molecule has 144 valence electrons. The Morgan fingerprint density at radius 3 is 2.58 bits per heavy atom. The molecule has 0 spiro atoms. The van der Waals surface area contributed by atoms with Crippen LogP contribution in [0.15, 0.2) is 15.8 Å². The van der Waals surface area contributed by atoms with Gasteiger partial charge in [0.25, 0.3) is 5.56 Å². The van der Waals surface area contributed by atoms with E-state index < -0.39 is 64.9 Å². The number of alkyl halides is 1. The van der Waals surface area contributed by atoms with Crippen LogP contribution in [0.2, 0.25) is 0 Å². The second kappa shape index (κ2) is 7.31. The van der Waals surface area contributed by atoms with E-state index in [1.165, 1.54) is 6.92 Å². The number of nitrogens with zero attached hydrogens (tertiary/aromatic N) is 1. The summed E-state index contributed by atoms with van der Waals surface area (Å²) in [5.41, 5.74) is -3.72. The average Bonchev–Trinajstić information content (AvgIpc) is 2.74. The monoisotopic (exact) mass is 434 g/mol. The van der Waals surface area contributed by atoms with Crippen LogP contribution >= 0.6 is 15.9 Å². The first kappa shape index (κ1) is 20.3. The highest BCUT2D eigenvalue weighted by atomic mass is 79.9. The fourth-order valence-corrected chi connectivity index (χ4v) is 3.66. The van der Waals surface area contributed by atoms with Crippen molar-refractivity contribution in [3.05, 3.63) is 32.6 Å². The number of carbonyl (C=O) groups is 2. The van der Waals surface area contributed by atoms with Crippen LogP contribution in [0.25, 0.3) is 0 Å². The summed E-state index contributed by atoms with van der Waals surface area (Å²) in [5.74, 6) is -3.33. The van der Waals surface area contributed by atoms with Gasteiger partial charge in [-0.3, -0.25) is 14.3 Å². The number of aromatic nitrogens is 2. The zero-order valence-electron chi connectivity index (χ0n) is 13.4. The fourth-order valence-electron chi connectivity index (χ4n) is 2.85. The van der Waals surface area contributed by atoms with Crippen LogP contribution in [0.5, 0.6) is 0 Å². The molecule has 0 amide bonds. The molecular weight excluding hydrogens is 420 g/mol. The number of aromatic amines is 1. The van der Waals surface area contributed by atoms with E-state index in [0.717, 1.165) is 10.8 Å². The highest BCUT2D eigenvalue weighted by Gasteiger charge is 2.57. The highest BCUT2D eigenvalue weighted by molar-refractivity contribution is 9.09. The summed E-state index contributed by atoms with van der Waals surface area (Å²) < 4.78 is 6.32. The number of aliphatic carboxylic acids is 2. The lowest BCUT2D eigenvalue weighted by Gasteiger charge is -2.33. The maximum atomic E-state index is 12.0. The van der Waals surface area contributed by atoms with Gasteiger partial charge >= 0.3 is 5.69 Å². The minimum atomic E-state index is -2.30. The Bertz CT molecular complexity index is 834. The first-order chi connectivity index (χ1) is 12.0. The molecule has 12 heteroatoms. The molecule has 1 saturated heterocycles. The number of rotatable bonds is 6. The number of ether oxygens (including phenoxy) is 1. The molecule has 11 nitrogen and oxygen atoms in total. The Morgan fingerprint density at radius 2 is 2.04 bits per heavy atom. The molecule has 1 unspecified atom stereocenters. The van der Waals surface area contributed by atoms with Crippen LogP contribution in [-0.4, -0.2) is 54.3 Å². The van der Waals surface area contributed by atoms with Gasteiger partial charge in [-0.2, -0.15) is 0 Å². The third-order valence-corrected chi connectivity index (χ3v) is 5.32. The van der Waals surface area contributed by atoms with Crippen molar-refractivity contribution in [2.75, 3.05) is 0 Å². The maximum absolute atomic E-state index is 12.0. The largest absolute Gasteiger partial charge is 0.550 e. The minimum absolute atomic E-state index is 0.134. The summed E-state index contributed by atoms with van der Waals surface area (Å²) in [5, 5.41) is 42.6. The van der Waals surface area contributed by atoms with Crippen molar-refractivity contribution in [2.24, 2.45) is 0 Å². The second-order valence-corrected chi connectivity index (χ2v) is 7.00. The van der Waals surface area contributed by atoms with Crippen molar-refractivity contribution >= 4 is 27.9 Å². The Balaban J connectivity index is 2.50. The molecule has 1 aliphatic heterocycles. The number of nitrogens with one attached hydrogen (secondary N) is 1. The van der Waals surface area contributed by atoms with Gasteiger partial charge in [-0.1, -0.05) is 15.9 Å². The molecule has 0 aliphatic carbocycles. The van der Waals surface area contributed by atoms with Crippen molar-refractivity contribution in [2.45, 2.75) is 48.6 Å². The van der Waals surface area contributed by atoms with E-state index in [0.29, 0.717) is 0 Å². The topological polar surface area (TPSA) is 185 Å². The third-order valence-electron chi connectivity index (χ3n) is 4.08. The van der Waals surface area contributed by atoms with E-state index in [4.69, 9.17) is 4.74 Å². The smallest absolute Gasteiger partial charge is 0.330 e. The van der Waals surface area contributed by atoms with Gasteiger partial charge < -0.3 is 34.8 Å². The number of hydrogen-bond donors (Lipinski definition) is 3. The van der Waals surface area contributed by atoms with Gasteiger partial charge in [-0.05, 0) is 6.92 Å². The normalized spacial score (nSPS) is 29.5. The summed E-state index contributed by atoms with van der Waals surface area (Å²) in [6.07, 6.45) is -5.67. The van der Waals surface area contributed by atoms with Crippen LogP contribution in [-0.2, 0) is 14.3 Å². The Hall–Kier alpha value is -2.02. The number of halogens is 1. The van der Waals surface area contributed by atoms with Gasteiger partial charge in [0.1, 0.15) is 11.7 Å². The molecule has 3 N–H and O–H groups in total. The van der Waals surface area contributed by atoms with Crippen molar-refractivity contribution < 1.29 is 34.8 Å². The highest BCUT2D eigenvalue weighted by Crippen LogP contribution is 2.44. The maximum Gasteiger partial charge on any atom is 0.330 e. The van der Waals surface area contributed by atoms with Crippen LogP contribution in [0.1, 0.15) is 24.6 Å². The molecule has 1 aromatic rings. The number of carbonyl (C=O) groups excluding carboxylic acids is 2. The molecule has 26 heavy (non-hydrogen) atoms. The van der Waals surface area contributed by atoms with E-state index in [1.807, 2.05) is 4.98 Å². The molecule has 2 rings (SSSR count). The molecule has 1 aromatic heterocycles. The molecule has 2 heterocycles. The Morgan fingerprint density at radius 1 is 1.42 bits per heavy atom. The average molecular weight is 435 g/mol. The summed E-state index contributed by atoms with van der Waals surface area (Å²) >= 11 is 3.05. The number of aryl methyl sites for hydroxylation is 1. The molecular formula is C14H15BrN2O9-2. The summed E-state index contributed by atoms with van der Waals surface area (Å²) in [6, 6.07) is 0. The zero-order chi connectivity index (χ0) is 19.8. The van der Waals surface area contributed by atoms with Crippen LogP contribution < -0.4 is 21.5 Å². The Labute approximate surface area is 154 Å². The van der Waals surface area contributed by atoms with E-state index in [-0.39, 0.29) is 5.56 Å². The predicted molar refractivity (Wildman–Crippen MR) is 82.9 cm³/mol. The van der Waals surface area contributed by atoms with Gasteiger partial charge in [0, 0.05) is 36.5 Å². The van der Waals surface area contributed by atoms with E-state index in [9.17, 15) is 39.6 Å². The molecule has 0 bridgehead atoms.